The van der Waals surface area contributed by atoms with Crippen molar-refractivity contribution in [2.24, 2.45) is 5.92 Å². The molecule has 0 radical (unpaired) electrons. The molecule has 9 heteroatoms. The van der Waals surface area contributed by atoms with Gasteiger partial charge in [0.25, 0.3) is 0 Å². The Hall–Kier alpha value is -5.05. The van der Waals surface area contributed by atoms with Crippen LogP contribution in [0, 0.1) is 11.7 Å². The fraction of sp³-hybridized carbons (Fsp3) is 0.133. The number of amides is 1. The van der Waals surface area contributed by atoms with E-state index in [2.05, 4.69) is 30.5 Å². The van der Waals surface area contributed by atoms with Crippen LogP contribution in [0.3, 0.4) is 0 Å². The van der Waals surface area contributed by atoms with Gasteiger partial charge < -0.3 is 15.4 Å². The Morgan fingerprint density at radius 2 is 1.87 bits per heavy atom. The van der Waals surface area contributed by atoms with Crippen LogP contribution in [0.4, 0.5) is 10.1 Å². The highest BCUT2D eigenvalue weighted by Crippen LogP contribution is 2.35. The van der Waals surface area contributed by atoms with E-state index in [9.17, 15) is 14.3 Å². The minimum atomic E-state index is -0.519. The van der Waals surface area contributed by atoms with Gasteiger partial charge in [-0.3, -0.25) is 14.9 Å². The van der Waals surface area contributed by atoms with Crippen molar-refractivity contribution in [3.8, 4) is 39.4 Å². The monoisotopic (exact) mass is 520 g/mol. The highest BCUT2D eigenvalue weighted by atomic mass is 19.1. The van der Waals surface area contributed by atoms with E-state index in [1.807, 2.05) is 44.2 Å². The quantitative estimate of drug-likeness (QED) is 0.196. The van der Waals surface area contributed by atoms with Crippen molar-refractivity contribution in [3.05, 3.63) is 79.0 Å². The molecule has 0 aliphatic carbocycles. The fourth-order valence-corrected chi connectivity index (χ4v) is 4.78. The highest BCUT2D eigenvalue weighted by molar-refractivity contribution is 6.01. The second-order valence-corrected chi connectivity index (χ2v) is 9.94. The summed E-state index contributed by atoms with van der Waals surface area (Å²) in [5.41, 5.74) is 6.61. The zero-order valence-corrected chi connectivity index (χ0v) is 21.3. The predicted molar refractivity (Wildman–Crippen MR) is 150 cm³/mol. The number of nitrogens with one attached hydrogen (secondary N) is 3. The number of hydrogen-bond donors (Lipinski definition) is 4. The number of hydrogen-bond acceptors (Lipinski definition) is 5. The average molecular weight is 521 g/mol. The van der Waals surface area contributed by atoms with Gasteiger partial charge in [0.15, 0.2) is 0 Å². The molecule has 0 aliphatic rings. The molecule has 0 atom stereocenters. The van der Waals surface area contributed by atoms with Crippen LogP contribution in [0.1, 0.15) is 20.3 Å². The number of anilines is 1. The molecule has 1 amide bonds. The molecule has 0 saturated carbocycles. The first-order valence-electron chi connectivity index (χ1n) is 12.6. The molecule has 6 aromatic rings. The standard InChI is InChI=1S/C30H25FN6O2/c1-16(2)7-28(39)34-21-9-19(14-32-15-21)17-3-4-26-25(11-17)29(37-36-26)27-13-24-23(5-6-33-30(24)35-27)18-8-20(31)12-22(38)10-18/h3-6,8-16,38H,7H2,1-2H3,(H,33,35)(H,34,39)(H,36,37). The molecule has 4 aromatic heterocycles. The van der Waals surface area contributed by atoms with Gasteiger partial charge in [-0.2, -0.15) is 5.10 Å². The summed E-state index contributed by atoms with van der Waals surface area (Å²) in [4.78, 5) is 24.3. The topological polar surface area (TPSA) is 120 Å². The summed E-state index contributed by atoms with van der Waals surface area (Å²) in [6.07, 6.45) is 5.47. The van der Waals surface area contributed by atoms with Crippen LogP contribution < -0.4 is 5.32 Å². The molecule has 4 N–H and O–H groups in total. The number of phenolic OH excluding ortho intramolecular Hbond substituents is 1. The number of rotatable bonds is 6. The first-order chi connectivity index (χ1) is 18.8. The van der Waals surface area contributed by atoms with E-state index in [1.54, 1.807) is 24.7 Å². The number of aromatic nitrogens is 5. The van der Waals surface area contributed by atoms with Crippen LogP contribution in [-0.4, -0.2) is 36.2 Å². The van der Waals surface area contributed by atoms with Crippen molar-refractivity contribution in [1.29, 1.82) is 0 Å². The maximum atomic E-state index is 14.0. The number of aromatic amines is 2. The van der Waals surface area contributed by atoms with E-state index >= 15 is 0 Å². The smallest absolute Gasteiger partial charge is 0.224 e. The molecule has 0 unspecified atom stereocenters. The molecule has 0 aliphatic heterocycles. The van der Waals surface area contributed by atoms with Gasteiger partial charge in [0, 0.05) is 41.2 Å². The van der Waals surface area contributed by atoms with E-state index in [-0.39, 0.29) is 17.6 Å². The predicted octanol–water partition coefficient (Wildman–Crippen LogP) is 6.66. The van der Waals surface area contributed by atoms with Crippen molar-refractivity contribution in [1.82, 2.24) is 25.1 Å². The van der Waals surface area contributed by atoms with Gasteiger partial charge in [0.2, 0.25) is 5.91 Å². The van der Waals surface area contributed by atoms with E-state index in [4.69, 9.17) is 0 Å². The number of nitrogens with zero attached hydrogens (tertiary/aromatic N) is 3. The molecule has 194 valence electrons. The number of carbonyl (C=O) groups excluding carboxylic acids is 1. The summed E-state index contributed by atoms with van der Waals surface area (Å²) in [7, 11) is 0. The fourth-order valence-electron chi connectivity index (χ4n) is 4.78. The molecule has 0 saturated heterocycles. The molecular formula is C30H25FN6O2. The second-order valence-electron chi connectivity index (χ2n) is 9.94. The minimum Gasteiger partial charge on any atom is -0.508 e. The van der Waals surface area contributed by atoms with Crippen molar-refractivity contribution < 1.29 is 14.3 Å². The first-order valence-corrected chi connectivity index (χ1v) is 12.6. The third-order valence-corrected chi connectivity index (χ3v) is 6.49. The Morgan fingerprint density at radius 3 is 2.69 bits per heavy atom. The minimum absolute atomic E-state index is 0.0447. The molecule has 6 rings (SSSR count). The van der Waals surface area contributed by atoms with Gasteiger partial charge in [-0.15, -0.1) is 0 Å². The SMILES string of the molecule is CC(C)CC(=O)Nc1cncc(-c2ccc3[nH]nc(-c4cc5c(-c6cc(O)cc(F)c6)ccnc5[nH]4)c3c2)c1. The number of carbonyl (C=O) groups is 1. The van der Waals surface area contributed by atoms with Gasteiger partial charge in [-0.05, 0) is 65.1 Å². The maximum Gasteiger partial charge on any atom is 0.224 e. The van der Waals surface area contributed by atoms with Crippen molar-refractivity contribution >= 4 is 33.5 Å². The van der Waals surface area contributed by atoms with Crippen LogP contribution >= 0.6 is 0 Å². The van der Waals surface area contributed by atoms with Gasteiger partial charge in [-0.25, -0.2) is 9.37 Å². The van der Waals surface area contributed by atoms with E-state index in [0.29, 0.717) is 29.0 Å². The van der Waals surface area contributed by atoms with Crippen LogP contribution in [-0.2, 0) is 4.79 Å². The Morgan fingerprint density at radius 1 is 1.00 bits per heavy atom. The molecule has 8 nitrogen and oxygen atoms in total. The lowest BCUT2D eigenvalue weighted by atomic mass is 10.0. The van der Waals surface area contributed by atoms with Crippen LogP contribution in [0.25, 0.3) is 55.6 Å². The third kappa shape index (κ3) is 4.82. The van der Waals surface area contributed by atoms with E-state index in [0.717, 1.165) is 44.7 Å². The van der Waals surface area contributed by atoms with Crippen molar-refractivity contribution in [3.63, 3.8) is 0 Å². The molecule has 0 fully saturated rings. The normalized spacial score (nSPS) is 11.5. The lowest BCUT2D eigenvalue weighted by molar-refractivity contribution is -0.116. The molecule has 39 heavy (non-hydrogen) atoms. The highest BCUT2D eigenvalue weighted by Gasteiger charge is 2.16. The lowest BCUT2D eigenvalue weighted by Crippen LogP contribution is -2.13. The molecule has 0 spiro atoms. The number of benzene rings is 2. The number of halogens is 1. The van der Waals surface area contributed by atoms with Gasteiger partial charge in [0.1, 0.15) is 22.9 Å². The summed E-state index contributed by atoms with van der Waals surface area (Å²) < 4.78 is 14.0. The van der Waals surface area contributed by atoms with Gasteiger partial charge in [0.05, 0.1) is 23.1 Å². The largest absolute Gasteiger partial charge is 0.508 e. The molecule has 4 heterocycles. The number of phenols is 1. The van der Waals surface area contributed by atoms with Crippen LogP contribution in [0.2, 0.25) is 0 Å². The van der Waals surface area contributed by atoms with Gasteiger partial charge >= 0.3 is 0 Å². The Labute approximate surface area is 223 Å². The number of fused-ring (bicyclic) bond motifs is 2. The lowest BCUT2D eigenvalue weighted by Gasteiger charge is -2.09. The summed E-state index contributed by atoms with van der Waals surface area (Å²) in [5, 5.41) is 22.1. The van der Waals surface area contributed by atoms with Crippen molar-refractivity contribution in [2.75, 3.05) is 5.32 Å². The van der Waals surface area contributed by atoms with Crippen molar-refractivity contribution in [2.45, 2.75) is 20.3 Å². The van der Waals surface area contributed by atoms with Crippen LogP contribution in [0.15, 0.2) is 73.2 Å². The summed E-state index contributed by atoms with van der Waals surface area (Å²) in [6.45, 7) is 4.00. The second kappa shape index (κ2) is 9.68. The van der Waals surface area contributed by atoms with Crippen LogP contribution in [0.5, 0.6) is 5.75 Å². The number of H-pyrrole nitrogens is 2. The number of pyridine rings is 2. The average Bonchev–Trinajstić information content (AvgIpc) is 3.51. The number of aromatic hydroxyl groups is 1. The Balaban J connectivity index is 1.39. The van der Waals surface area contributed by atoms with Gasteiger partial charge in [-0.1, -0.05) is 19.9 Å². The summed E-state index contributed by atoms with van der Waals surface area (Å²) in [5.74, 6) is -0.444. The van der Waals surface area contributed by atoms with E-state index in [1.165, 1.54) is 12.1 Å². The zero-order chi connectivity index (χ0) is 27.1. The third-order valence-electron chi connectivity index (χ3n) is 6.49. The molecule has 2 aromatic carbocycles. The molecular weight excluding hydrogens is 495 g/mol. The summed E-state index contributed by atoms with van der Waals surface area (Å²) in [6, 6.07) is 15.5. The Kier molecular flexibility index (Phi) is 6.03. The van der Waals surface area contributed by atoms with E-state index < -0.39 is 5.82 Å². The zero-order valence-electron chi connectivity index (χ0n) is 21.3. The first kappa shape index (κ1) is 24.3. The molecule has 0 bridgehead atoms. The maximum absolute atomic E-state index is 14.0. The Bertz CT molecular complexity index is 1840. The summed E-state index contributed by atoms with van der Waals surface area (Å²) >= 11 is 0.